The number of nitrogens with one attached hydrogen (secondary N) is 1. The van der Waals surface area contributed by atoms with Crippen molar-refractivity contribution in [2.45, 2.75) is 21.6 Å². The zero-order valence-electron chi connectivity index (χ0n) is 17.8. The maximum absolute atomic E-state index is 12.9. The molecule has 0 saturated heterocycles. The largest absolute Gasteiger partial charge is 1.00 e. The van der Waals surface area contributed by atoms with E-state index in [1.165, 1.54) is 17.6 Å². The second kappa shape index (κ2) is 9.88. The zero-order chi connectivity index (χ0) is 23.6. The second-order valence-electron chi connectivity index (χ2n) is 6.77. The maximum atomic E-state index is 12.9. The van der Waals surface area contributed by atoms with Crippen LogP contribution in [0, 0.1) is 0 Å². The first-order chi connectivity index (χ1) is 14.7. The van der Waals surface area contributed by atoms with Crippen LogP contribution in [-0.2, 0) is 39.4 Å². The summed E-state index contributed by atoms with van der Waals surface area (Å²) in [6.07, 6.45) is 0. The fourth-order valence-electron chi connectivity index (χ4n) is 3.69. The van der Waals surface area contributed by atoms with Gasteiger partial charge in [0, 0.05) is 23.1 Å². The Balaban J connectivity index is 0.00000204. The molecule has 1 amide bonds. The molecule has 0 aliphatic heterocycles. The van der Waals surface area contributed by atoms with Gasteiger partial charge >= 0.3 is 69.2 Å². The number of carbonyl (C=O) groups is 1. The Morgan fingerprint density at radius 2 is 1.21 bits per heavy atom. The van der Waals surface area contributed by atoms with Crippen LogP contribution >= 0.6 is 0 Å². The number of amides is 1. The van der Waals surface area contributed by atoms with Gasteiger partial charge in [0.25, 0.3) is 0 Å². The quantitative estimate of drug-likeness (QED) is 0.111. The standard InChI is InChI=1S/C18H13NO10S3.2Na/c1-9(20)19-29-32(27,28)17-13-8-6-11-4-2-3-10-5-7-12(15(13)14(10)11)16(30(21,22)23)18(17)31(24,25)26;;/h2-8H,1H3,(H,19,20)(H,21,22,23)(H,24,25,26);;/q;2*+1/p-2. The van der Waals surface area contributed by atoms with Crippen LogP contribution in [0.15, 0.2) is 57.2 Å². The minimum atomic E-state index is -5.86. The number of hydrogen-bond donors (Lipinski definition) is 1. The molecule has 16 heteroatoms. The van der Waals surface area contributed by atoms with Crippen molar-refractivity contribution in [1.29, 1.82) is 0 Å². The average molecular weight is 543 g/mol. The molecular formula is C18H11NNa2O10S3. The van der Waals surface area contributed by atoms with Gasteiger partial charge in [-0.25, -0.2) is 22.3 Å². The number of benzene rings is 4. The van der Waals surface area contributed by atoms with Crippen molar-refractivity contribution in [1.82, 2.24) is 5.48 Å². The summed E-state index contributed by atoms with van der Waals surface area (Å²) in [5.41, 5.74) is 1.50. The molecule has 34 heavy (non-hydrogen) atoms. The van der Waals surface area contributed by atoms with Gasteiger partial charge < -0.3 is 9.11 Å². The van der Waals surface area contributed by atoms with Gasteiger partial charge in [-0.1, -0.05) is 42.5 Å². The zero-order valence-corrected chi connectivity index (χ0v) is 24.3. The molecule has 0 aliphatic carbocycles. The summed E-state index contributed by atoms with van der Waals surface area (Å²) in [5, 5.41) is 0.492. The van der Waals surface area contributed by atoms with Gasteiger partial charge in [0.05, 0.1) is 9.79 Å². The van der Waals surface area contributed by atoms with E-state index in [1.807, 2.05) is 0 Å². The van der Waals surface area contributed by atoms with E-state index in [-0.39, 0.29) is 69.9 Å². The van der Waals surface area contributed by atoms with Gasteiger partial charge in [0.1, 0.15) is 25.1 Å². The first kappa shape index (κ1) is 29.4. The summed E-state index contributed by atoms with van der Waals surface area (Å²) < 4.78 is 103. The number of rotatable bonds is 5. The van der Waals surface area contributed by atoms with Crippen LogP contribution in [0.1, 0.15) is 6.92 Å². The van der Waals surface area contributed by atoms with Gasteiger partial charge in [0.15, 0.2) is 0 Å². The monoisotopic (exact) mass is 543 g/mol. The summed E-state index contributed by atoms with van der Waals surface area (Å²) in [4.78, 5) is 6.50. The molecule has 4 aromatic carbocycles. The molecule has 0 aliphatic rings. The Labute approximate surface area is 238 Å². The molecule has 0 bridgehead atoms. The van der Waals surface area contributed by atoms with E-state index in [9.17, 15) is 39.2 Å². The molecule has 0 radical (unpaired) electrons. The van der Waals surface area contributed by atoms with E-state index >= 15 is 0 Å². The Morgan fingerprint density at radius 3 is 1.65 bits per heavy atom. The average Bonchev–Trinajstić information content (AvgIpc) is 2.68. The Morgan fingerprint density at radius 1 is 0.735 bits per heavy atom. The van der Waals surface area contributed by atoms with Crippen molar-refractivity contribution >= 4 is 68.6 Å². The van der Waals surface area contributed by atoms with Crippen LogP contribution in [0.3, 0.4) is 0 Å². The second-order valence-corrected chi connectivity index (χ2v) is 10.9. The summed E-state index contributed by atoms with van der Waals surface area (Å²) in [6.45, 7) is 0.887. The van der Waals surface area contributed by atoms with Gasteiger partial charge in [-0.2, -0.15) is 8.42 Å². The van der Waals surface area contributed by atoms with E-state index in [4.69, 9.17) is 0 Å². The predicted molar refractivity (Wildman–Crippen MR) is 108 cm³/mol. The summed E-state index contributed by atoms with van der Waals surface area (Å²) in [5.74, 6) is -0.991. The van der Waals surface area contributed by atoms with E-state index in [2.05, 4.69) is 4.28 Å². The van der Waals surface area contributed by atoms with Crippen molar-refractivity contribution < 1.29 is 103 Å². The van der Waals surface area contributed by atoms with E-state index in [0.717, 1.165) is 19.1 Å². The topological polar surface area (TPSA) is 187 Å². The van der Waals surface area contributed by atoms with Gasteiger partial charge in [-0.15, -0.1) is 4.28 Å². The van der Waals surface area contributed by atoms with Crippen molar-refractivity contribution in [3.8, 4) is 0 Å². The minimum absolute atomic E-state index is 0. The fourth-order valence-corrected chi connectivity index (χ4v) is 7.50. The van der Waals surface area contributed by atoms with Crippen molar-refractivity contribution in [3.05, 3.63) is 42.5 Å². The van der Waals surface area contributed by atoms with Crippen LogP contribution in [0.4, 0.5) is 0 Å². The molecule has 0 spiro atoms. The molecule has 0 fully saturated rings. The van der Waals surface area contributed by atoms with E-state index < -0.39 is 56.3 Å². The van der Waals surface area contributed by atoms with Gasteiger partial charge in [-0.3, -0.25) is 4.79 Å². The first-order valence-electron chi connectivity index (χ1n) is 8.59. The minimum Gasteiger partial charge on any atom is -0.744 e. The Hall–Kier alpha value is -0.880. The van der Waals surface area contributed by atoms with Crippen LogP contribution in [0.5, 0.6) is 0 Å². The summed E-state index contributed by atoms with van der Waals surface area (Å²) in [6, 6.07) is 10.0. The molecule has 0 aromatic heterocycles. The SMILES string of the molecule is CC(=O)NOS(=O)(=O)c1c(S(=O)(=O)[O-])c(S(=O)(=O)[O-])c2ccc3cccc4ccc1c2c34.[Na+].[Na+]. The molecule has 4 aromatic rings. The molecule has 168 valence electrons. The van der Waals surface area contributed by atoms with E-state index in [0.29, 0.717) is 16.2 Å². The van der Waals surface area contributed by atoms with Crippen LogP contribution in [0.2, 0.25) is 0 Å². The van der Waals surface area contributed by atoms with Crippen LogP contribution in [0.25, 0.3) is 32.3 Å². The summed E-state index contributed by atoms with van der Waals surface area (Å²) >= 11 is 0. The van der Waals surface area contributed by atoms with Crippen LogP contribution < -0.4 is 64.6 Å². The fraction of sp³-hybridized carbons (Fsp3) is 0.0556. The van der Waals surface area contributed by atoms with Crippen molar-refractivity contribution in [2.24, 2.45) is 0 Å². The normalized spacial score (nSPS) is 12.4. The number of carbonyl (C=O) groups excluding carboxylic acids is 1. The molecule has 11 nitrogen and oxygen atoms in total. The maximum Gasteiger partial charge on any atom is 1.00 e. The number of hydrogen-bond acceptors (Lipinski definition) is 10. The van der Waals surface area contributed by atoms with Crippen molar-refractivity contribution in [3.63, 3.8) is 0 Å². The third-order valence-corrected chi connectivity index (χ3v) is 8.04. The Bertz CT molecular complexity index is 1750. The molecule has 1 N–H and O–H groups in total. The first-order valence-corrected chi connectivity index (χ1v) is 12.8. The predicted octanol–water partition coefficient (Wildman–Crippen LogP) is -4.84. The molecule has 0 heterocycles. The smallest absolute Gasteiger partial charge is 0.744 e. The van der Waals surface area contributed by atoms with E-state index in [1.54, 1.807) is 18.2 Å². The Kier molecular flexibility index (Phi) is 8.53. The van der Waals surface area contributed by atoms with Gasteiger partial charge in [-0.05, 0) is 16.2 Å². The molecule has 0 saturated carbocycles. The molecule has 0 unspecified atom stereocenters. The van der Waals surface area contributed by atoms with Crippen molar-refractivity contribution in [2.75, 3.05) is 0 Å². The molecule has 0 atom stereocenters. The van der Waals surface area contributed by atoms with Crippen LogP contribution in [-0.4, -0.2) is 40.3 Å². The molecule has 4 rings (SSSR count). The third kappa shape index (κ3) is 5.00. The number of hydroxylamine groups is 1. The summed E-state index contributed by atoms with van der Waals surface area (Å²) in [7, 11) is -16.8. The third-order valence-electron chi connectivity index (χ3n) is 4.72. The molecular weight excluding hydrogens is 532 g/mol. The van der Waals surface area contributed by atoms with Gasteiger partial charge in [0.2, 0.25) is 5.91 Å².